The molecule has 0 saturated carbocycles. The Kier molecular flexibility index (Phi) is 6.35. The van der Waals surface area contributed by atoms with Crippen LogP contribution in [0.25, 0.3) is 0 Å². The molecule has 8 nitrogen and oxygen atoms in total. The Morgan fingerprint density at radius 1 is 1.23 bits per heavy atom. The zero-order chi connectivity index (χ0) is 22.8. The maximum absolute atomic E-state index is 14.9. The molecule has 0 atom stereocenters. The molecule has 12 heteroatoms. The third kappa shape index (κ3) is 4.88. The Morgan fingerprint density at radius 2 is 1.97 bits per heavy atom. The van der Waals surface area contributed by atoms with Gasteiger partial charge in [-0.1, -0.05) is 17.5 Å². The number of nitrogens with zero attached hydrogens (tertiary/aromatic N) is 3. The van der Waals surface area contributed by atoms with Crippen LogP contribution in [0.5, 0.6) is 0 Å². The molecule has 0 aliphatic carbocycles. The number of nitrogens with one attached hydrogen (secondary N) is 1. The first-order valence-corrected chi connectivity index (χ1v) is 10.4. The normalized spacial score (nSPS) is 11.0. The van der Waals surface area contributed by atoms with E-state index < -0.39 is 39.5 Å². The van der Waals surface area contributed by atoms with Gasteiger partial charge in [0.15, 0.2) is 11.5 Å². The molecule has 0 aliphatic heterocycles. The minimum atomic E-state index is -4.33. The van der Waals surface area contributed by atoms with Crippen LogP contribution in [-0.2, 0) is 16.6 Å². The van der Waals surface area contributed by atoms with E-state index in [4.69, 9.17) is 17.3 Å². The lowest BCUT2D eigenvalue weighted by Gasteiger charge is -2.14. The Hall–Kier alpha value is -3.33. The molecule has 3 aromatic rings. The monoisotopic (exact) mass is 465 g/mol. The fraction of sp³-hybridized carbons (Fsp3) is 0.105. The van der Waals surface area contributed by atoms with Crippen LogP contribution < -0.4 is 10.5 Å². The number of aromatic nitrogens is 3. The van der Waals surface area contributed by atoms with Crippen LogP contribution in [-0.4, -0.2) is 28.7 Å². The molecule has 0 amide bonds. The van der Waals surface area contributed by atoms with Gasteiger partial charge in [0.25, 0.3) is 10.0 Å². The summed E-state index contributed by atoms with van der Waals surface area (Å²) in [5.74, 6) is 2.30. The predicted molar refractivity (Wildman–Crippen MR) is 109 cm³/mol. The van der Waals surface area contributed by atoms with Crippen LogP contribution in [0.2, 0.25) is 5.02 Å². The van der Waals surface area contributed by atoms with Gasteiger partial charge in [0.1, 0.15) is 5.82 Å². The number of aliphatic hydroxyl groups is 1. The van der Waals surface area contributed by atoms with Gasteiger partial charge in [-0.2, -0.15) is 0 Å². The summed E-state index contributed by atoms with van der Waals surface area (Å²) in [6.07, 6.45) is 1.17. The highest BCUT2D eigenvalue weighted by Gasteiger charge is 2.23. The topological polar surface area (TPSA) is 131 Å². The molecule has 0 fully saturated rings. The predicted octanol–water partition coefficient (Wildman–Crippen LogP) is 2.39. The largest absolute Gasteiger partial charge is 0.392 e. The first-order chi connectivity index (χ1) is 14.6. The van der Waals surface area contributed by atoms with E-state index in [1.807, 2.05) is 0 Å². The van der Waals surface area contributed by atoms with Crippen molar-refractivity contribution in [3.05, 3.63) is 69.5 Å². The first-order valence-electron chi connectivity index (χ1n) is 8.50. The molecular formula is C19H14ClF2N5O3S. The highest BCUT2D eigenvalue weighted by molar-refractivity contribution is 7.92. The molecule has 0 saturated heterocycles. The van der Waals surface area contributed by atoms with Crippen molar-refractivity contribution >= 4 is 33.3 Å². The minimum absolute atomic E-state index is 0.00469. The summed E-state index contributed by atoms with van der Waals surface area (Å²) in [6.45, 7) is 1.03. The second-order valence-corrected chi connectivity index (χ2v) is 8.27. The fourth-order valence-electron chi connectivity index (χ4n) is 2.56. The fourth-order valence-corrected chi connectivity index (χ4v) is 4.24. The van der Waals surface area contributed by atoms with Gasteiger partial charge in [-0.15, -0.1) is 10.2 Å². The van der Waals surface area contributed by atoms with E-state index in [1.54, 1.807) is 0 Å². The first kappa shape index (κ1) is 22.4. The van der Waals surface area contributed by atoms with Gasteiger partial charge < -0.3 is 10.8 Å². The lowest BCUT2D eigenvalue weighted by atomic mass is 10.1. The molecule has 3 rings (SSSR count). The molecule has 160 valence electrons. The van der Waals surface area contributed by atoms with Crippen molar-refractivity contribution in [3.63, 3.8) is 0 Å². The highest BCUT2D eigenvalue weighted by atomic mass is 35.5. The van der Waals surface area contributed by atoms with E-state index in [2.05, 4.69) is 31.7 Å². The molecule has 31 heavy (non-hydrogen) atoms. The van der Waals surface area contributed by atoms with Crippen LogP contribution in [0.3, 0.4) is 0 Å². The Morgan fingerprint density at radius 3 is 2.61 bits per heavy atom. The van der Waals surface area contributed by atoms with Gasteiger partial charge in [0.2, 0.25) is 5.95 Å². The summed E-state index contributed by atoms with van der Waals surface area (Å²) >= 11 is 5.93. The van der Waals surface area contributed by atoms with Crippen LogP contribution >= 0.6 is 11.6 Å². The number of rotatable bonds is 4. The van der Waals surface area contributed by atoms with E-state index in [0.29, 0.717) is 0 Å². The van der Waals surface area contributed by atoms with Crippen LogP contribution in [0.15, 0.2) is 35.4 Å². The smallest absolute Gasteiger partial charge is 0.262 e. The summed E-state index contributed by atoms with van der Waals surface area (Å²) in [4.78, 5) is 3.40. The van der Waals surface area contributed by atoms with Crippen LogP contribution in [0.4, 0.5) is 20.4 Å². The van der Waals surface area contributed by atoms with Gasteiger partial charge in [-0.05, 0) is 48.2 Å². The lowest BCUT2D eigenvalue weighted by molar-refractivity contribution is 0.280. The zero-order valence-electron chi connectivity index (χ0n) is 15.8. The second-order valence-electron chi connectivity index (χ2n) is 6.19. The Labute approximate surface area is 181 Å². The summed E-state index contributed by atoms with van der Waals surface area (Å²) in [5.41, 5.74) is 4.62. The standard InChI is InChI=1S/C19H14ClF2N5O3S/c1-10-11(9-28)6-12(20)7-17(10)31(29,30)27-16-5-4-15(21)14(18(16)22)3-2-13-8-24-19(23)26-25-13/h4-8,27-28H,9H2,1H3,(H2,23,24,26). The lowest BCUT2D eigenvalue weighted by Crippen LogP contribution is -2.16. The van der Waals surface area contributed by atoms with Crippen molar-refractivity contribution in [2.24, 2.45) is 0 Å². The number of aliphatic hydroxyl groups excluding tert-OH is 1. The second kappa shape index (κ2) is 8.81. The number of hydrogen-bond acceptors (Lipinski definition) is 7. The van der Waals surface area contributed by atoms with E-state index >= 15 is 0 Å². The van der Waals surface area contributed by atoms with Crippen molar-refractivity contribution in [1.82, 2.24) is 15.2 Å². The number of halogens is 3. The molecule has 2 aromatic carbocycles. The van der Waals surface area contributed by atoms with Gasteiger partial charge in [-0.25, -0.2) is 22.2 Å². The number of benzene rings is 2. The maximum Gasteiger partial charge on any atom is 0.262 e. The summed E-state index contributed by atoms with van der Waals surface area (Å²) in [7, 11) is -4.33. The average molecular weight is 466 g/mol. The molecule has 0 spiro atoms. The van der Waals surface area contributed by atoms with Crippen molar-refractivity contribution in [2.75, 3.05) is 10.5 Å². The molecule has 0 bridgehead atoms. The third-order valence-corrected chi connectivity index (χ3v) is 5.83. The Bertz CT molecular complexity index is 1320. The van der Waals surface area contributed by atoms with E-state index in [0.717, 1.165) is 18.2 Å². The van der Waals surface area contributed by atoms with Crippen molar-refractivity contribution in [1.29, 1.82) is 0 Å². The molecule has 4 N–H and O–H groups in total. The number of anilines is 2. The quantitative estimate of drug-likeness (QED) is 0.504. The van der Waals surface area contributed by atoms with Crippen LogP contribution in [0.1, 0.15) is 22.4 Å². The molecular weight excluding hydrogens is 452 g/mol. The average Bonchev–Trinajstić information content (AvgIpc) is 2.72. The molecule has 0 aliphatic rings. The third-order valence-electron chi connectivity index (χ3n) is 4.12. The number of hydrogen-bond donors (Lipinski definition) is 3. The maximum atomic E-state index is 14.9. The summed E-state index contributed by atoms with van der Waals surface area (Å²) in [5, 5.41) is 16.5. The number of sulfonamides is 1. The summed E-state index contributed by atoms with van der Waals surface area (Å²) in [6, 6.07) is 4.36. The number of nitrogen functional groups attached to an aromatic ring is 1. The van der Waals surface area contributed by atoms with Gasteiger partial charge >= 0.3 is 0 Å². The summed E-state index contributed by atoms with van der Waals surface area (Å²) < 4.78 is 56.7. The SMILES string of the molecule is Cc1c(CO)cc(Cl)cc1S(=O)(=O)Nc1ccc(F)c(C#Cc2cnc(N)nn2)c1F. The highest BCUT2D eigenvalue weighted by Crippen LogP contribution is 2.28. The van der Waals surface area contributed by atoms with Gasteiger partial charge in [-0.3, -0.25) is 4.72 Å². The molecule has 1 heterocycles. The van der Waals surface area contributed by atoms with E-state index in [9.17, 15) is 22.3 Å². The van der Waals surface area contributed by atoms with Gasteiger partial charge in [0, 0.05) is 5.02 Å². The molecule has 0 radical (unpaired) electrons. The number of nitrogens with two attached hydrogens (primary N) is 1. The van der Waals surface area contributed by atoms with Crippen molar-refractivity contribution in [2.45, 2.75) is 18.4 Å². The van der Waals surface area contributed by atoms with Crippen LogP contribution in [0, 0.1) is 30.4 Å². The molecule has 0 unspecified atom stereocenters. The van der Waals surface area contributed by atoms with Crippen molar-refractivity contribution in [3.8, 4) is 11.8 Å². The van der Waals surface area contributed by atoms with Crippen molar-refractivity contribution < 1.29 is 22.3 Å². The van der Waals surface area contributed by atoms with E-state index in [-0.39, 0.29) is 32.7 Å². The zero-order valence-corrected chi connectivity index (χ0v) is 17.4. The van der Waals surface area contributed by atoms with E-state index in [1.165, 1.54) is 19.2 Å². The van der Waals surface area contributed by atoms with Gasteiger partial charge in [0.05, 0.1) is 29.0 Å². The molecule has 1 aromatic heterocycles. The Balaban J connectivity index is 2.01. The minimum Gasteiger partial charge on any atom is -0.392 e.